The van der Waals surface area contributed by atoms with E-state index < -0.39 is 11.7 Å². The summed E-state index contributed by atoms with van der Waals surface area (Å²) in [5.41, 5.74) is 0.711. The molecule has 0 saturated heterocycles. The molecule has 6 heteroatoms. The average molecular weight is 250 g/mol. The number of carbonyl (C=O) groups is 1. The average Bonchev–Trinajstić information content (AvgIpc) is 2.66. The fourth-order valence-electron chi connectivity index (χ4n) is 1.51. The van der Waals surface area contributed by atoms with Gasteiger partial charge < -0.3 is 9.15 Å². The molecule has 0 fully saturated rings. The Hall–Kier alpha value is -2.11. The third kappa shape index (κ3) is 2.42. The molecule has 1 unspecified atom stereocenters. The van der Waals surface area contributed by atoms with Crippen LogP contribution in [0.5, 0.6) is 0 Å². The number of ether oxygens (including phenoxy) is 1. The normalized spacial score (nSPS) is 12.6. The van der Waals surface area contributed by atoms with Gasteiger partial charge in [-0.25, -0.2) is 14.3 Å². The number of esters is 1. The highest BCUT2D eigenvalue weighted by Gasteiger charge is 2.15. The van der Waals surface area contributed by atoms with Gasteiger partial charge in [0.15, 0.2) is 11.2 Å². The first-order valence-electron chi connectivity index (χ1n) is 5.75. The number of hydrogen-bond donors (Lipinski definition) is 0. The van der Waals surface area contributed by atoms with E-state index in [1.54, 1.807) is 19.1 Å². The number of hydrogen-bond acceptors (Lipinski definition) is 5. The number of rotatable bonds is 4. The van der Waals surface area contributed by atoms with Crippen LogP contribution in [0.2, 0.25) is 0 Å². The molecule has 2 rings (SSSR count). The molecule has 2 aromatic heterocycles. The number of fused-ring (bicyclic) bond motifs is 1. The van der Waals surface area contributed by atoms with E-state index in [4.69, 9.17) is 9.15 Å². The van der Waals surface area contributed by atoms with Crippen molar-refractivity contribution in [2.45, 2.75) is 32.9 Å². The van der Waals surface area contributed by atoms with Crippen LogP contribution in [0.15, 0.2) is 27.5 Å². The first-order chi connectivity index (χ1) is 8.61. The zero-order valence-electron chi connectivity index (χ0n) is 10.3. The van der Waals surface area contributed by atoms with Crippen LogP contribution >= 0.6 is 0 Å². The van der Waals surface area contributed by atoms with Gasteiger partial charge >= 0.3 is 11.7 Å². The van der Waals surface area contributed by atoms with Crippen molar-refractivity contribution in [3.63, 3.8) is 0 Å². The summed E-state index contributed by atoms with van der Waals surface area (Å²) in [5, 5.41) is 0. The first-order valence-corrected chi connectivity index (χ1v) is 5.75. The maximum absolute atomic E-state index is 11.6. The third-order valence-electron chi connectivity index (χ3n) is 2.62. The highest BCUT2D eigenvalue weighted by Crippen LogP contribution is 2.08. The van der Waals surface area contributed by atoms with Gasteiger partial charge in [0.25, 0.3) is 0 Å². The van der Waals surface area contributed by atoms with Gasteiger partial charge in [0.2, 0.25) is 0 Å². The fraction of sp³-hybridized carbons (Fsp3) is 0.417. The summed E-state index contributed by atoms with van der Waals surface area (Å²) in [4.78, 5) is 27.2. The number of pyridine rings is 1. The van der Waals surface area contributed by atoms with E-state index in [-0.39, 0.29) is 12.6 Å². The van der Waals surface area contributed by atoms with Gasteiger partial charge in [-0.15, -0.1) is 0 Å². The number of carbonyl (C=O) groups excluding carboxylic acids is 1. The third-order valence-corrected chi connectivity index (χ3v) is 2.62. The van der Waals surface area contributed by atoms with Crippen LogP contribution in [0, 0.1) is 0 Å². The smallest absolute Gasteiger partial charge is 0.421 e. The molecule has 0 aromatic carbocycles. The molecule has 0 aliphatic rings. The van der Waals surface area contributed by atoms with Crippen LogP contribution in [-0.4, -0.2) is 21.6 Å². The molecule has 0 amide bonds. The quantitative estimate of drug-likeness (QED) is 0.765. The van der Waals surface area contributed by atoms with Crippen LogP contribution < -0.4 is 5.76 Å². The molecule has 0 aliphatic heterocycles. The van der Waals surface area contributed by atoms with E-state index in [1.807, 2.05) is 6.92 Å². The van der Waals surface area contributed by atoms with Gasteiger partial charge in [0.05, 0.1) is 6.10 Å². The van der Waals surface area contributed by atoms with Crippen LogP contribution in [0.1, 0.15) is 20.3 Å². The van der Waals surface area contributed by atoms with Gasteiger partial charge in [-0.1, -0.05) is 6.92 Å². The predicted molar refractivity (Wildman–Crippen MR) is 64.1 cm³/mol. The molecule has 0 bridgehead atoms. The second kappa shape index (κ2) is 5.03. The molecule has 6 nitrogen and oxygen atoms in total. The summed E-state index contributed by atoms with van der Waals surface area (Å²) in [6.45, 7) is 3.53. The molecule has 1 atom stereocenters. The van der Waals surface area contributed by atoms with Gasteiger partial charge in [-0.3, -0.25) is 4.79 Å². The maximum Gasteiger partial charge on any atom is 0.421 e. The fourth-order valence-corrected chi connectivity index (χ4v) is 1.51. The highest BCUT2D eigenvalue weighted by molar-refractivity contribution is 5.73. The largest absolute Gasteiger partial charge is 0.461 e. The maximum atomic E-state index is 11.6. The van der Waals surface area contributed by atoms with Crippen LogP contribution in [0.4, 0.5) is 0 Å². The van der Waals surface area contributed by atoms with Gasteiger partial charge in [0, 0.05) is 6.20 Å². The Kier molecular flexibility index (Phi) is 3.45. The van der Waals surface area contributed by atoms with Gasteiger partial charge in [-0.05, 0) is 25.5 Å². The first kappa shape index (κ1) is 12.3. The minimum atomic E-state index is -0.607. The standard InChI is InChI=1S/C12H14N2O4/c1-3-8(2)17-10(15)7-14-11-9(18-12(14)16)5-4-6-13-11/h4-6,8H,3,7H2,1-2H3. The van der Waals surface area contributed by atoms with E-state index >= 15 is 0 Å². The number of oxazole rings is 1. The molecular weight excluding hydrogens is 236 g/mol. The van der Waals surface area contributed by atoms with Crippen molar-refractivity contribution in [2.24, 2.45) is 0 Å². The summed E-state index contributed by atoms with van der Waals surface area (Å²) in [6, 6.07) is 3.29. The Labute approximate surface area is 103 Å². The van der Waals surface area contributed by atoms with Crippen LogP contribution in [0.3, 0.4) is 0 Å². The Balaban J connectivity index is 2.24. The van der Waals surface area contributed by atoms with E-state index in [9.17, 15) is 9.59 Å². The van der Waals surface area contributed by atoms with E-state index in [2.05, 4.69) is 4.98 Å². The molecule has 96 valence electrons. The topological polar surface area (TPSA) is 74.3 Å². The Bertz CT molecular complexity index is 614. The Morgan fingerprint density at radius 1 is 1.61 bits per heavy atom. The Morgan fingerprint density at radius 3 is 3.11 bits per heavy atom. The lowest BCUT2D eigenvalue weighted by atomic mass is 10.3. The van der Waals surface area contributed by atoms with Crippen molar-refractivity contribution in [2.75, 3.05) is 0 Å². The lowest BCUT2D eigenvalue weighted by molar-refractivity contribution is -0.149. The molecule has 0 aliphatic carbocycles. The van der Waals surface area contributed by atoms with Crippen molar-refractivity contribution in [3.05, 3.63) is 28.9 Å². The zero-order chi connectivity index (χ0) is 13.1. The summed E-state index contributed by atoms with van der Waals surface area (Å²) in [6.07, 6.45) is 2.10. The lowest BCUT2D eigenvalue weighted by Crippen LogP contribution is -2.24. The summed E-state index contributed by atoms with van der Waals surface area (Å²) in [5.74, 6) is -1.08. The summed E-state index contributed by atoms with van der Waals surface area (Å²) < 4.78 is 11.2. The van der Waals surface area contributed by atoms with E-state index in [1.165, 1.54) is 10.8 Å². The minimum absolute atomic E-state index is 0.167. The van der Waals surface area contributed by atoms with Crippen LogP contribution in [0.25, 0.3) is 11.2 Å². The van der Waals surface area contributed by atoms with Crippen molar-refractivity contribution in [1.82, 2.24) is 9.55 Å². The molecule has 0 radical (unpaired) electrons. The SMILES string of the molecule is CCC(C)OC(=O)Cn1c(=O)oc2cccnc21. The molecular formula is C12H14N2O4. The Morgan fingerprint density at radius 2 is 2.39 bits per heavy atom. The van der Waals surface area contributed by atoms with Crippen molar-refractivity contribution >= 4 is 17.2 Å². The molecule has 0 saturated carbocycles. The molecule has 2 aromatic rings. The summed E-state index contributed by atoms with van der Waals surface area (Å²) >= 11 is 0. The molecule has 2 heterocycles. The second-order valence-electron chi connectivity index (χ2n) is 3.99. The van der Waals surface area contributed by atoms with Crippen molar-refractivity contribution in [1.29, 1.82) is 0 Å². The zero-order valence-corrected chi connectivity index (χ0v) is 10.3. The monoisotopic (exact) mass is 250 g/mol. The van der Waals surface area contributed by atoms with Crippen molar-refractivity contribution in [3.8, 4) is 0 Å². The molecule has 18 heavy (non-hydrogen) atoms. The highest BCUT2D eigenvalue weighted by atomic mass is 16.5. The van der Waals surface area contributed by atoms with Gasteiger partial charge in [0.1, 0.15) is 6.54 Å². The van der Waals surface area contributed by atoms with E-state index in [0.717, 1.165) is 6.42 Å². The lowest BCUT2D eigenvalue weighted by Gasteiger charge is -2.10. The molecule has 0 N–H and O–H groups in total. The summed E-state index contributed by atoms with van der Waals surface area (Å²) in [7, 11) is 0. The van der Waals surface area contributed by atoms with Crippen molar-refractivity contribution < 1.29 is 13.9 Å². The predicted octanol–water partition coefficient (Wildman–Crippen LogP) is 1.33. The number of nitrogens with zero attached hydrogens (tertiary/aromatic N) is 2. The van der Waals surface area contributed by atoms with Gasteiger partial charge in [-0.2, -0.15) is 0 Å². The number of aromatic nitrogens is 2. The van der Waals surface area contributed by atoms with Crippen LogP contribution in [-0.2, 0) is 16.1 Å². The minimum Gasteiger partial charge on any atom is -0.461 e. The molecule has 0 spiro atoms. The van der Waals surface area contributed by atoms with E-state index in [0.29, 0.717) is 11.2 Å². The second-order valence-corrected chi connectivity index (χ2v) is 3.99.